The van der Waals surface area contributed by atoms with E-state index in [4.69, 9.17) is 38.6 Å². The van der Waals surface area contributed by atoms with E-state index in [1.807, 2.05) is 60.6 Å². The number of esters is 4. The maximum atomic E-state index is 12.3. The first kappa shape index (κ1) is 71.6. The minimum Gasteiger partial charge on any atom is -0.507 e. The number of rotatable bonds is 24. The molecule has 6 aliphatic rings. The molecule has 0 amide bonds. The number of aldehydes is 2. The van der Waals surface area contributed by atoms with Gasteiger partial charge < -0.3 is 58.4 Å². The fourth-order valence-corrected chi connectivity index (χ4v) is 13.6. The van der Waals surface area contributed by atoms with E-state index in [-0.39, 0.29) is 61.5 Å². The Morgan fingerprint density at radius 3 is 1.17 bits per heavy atom. The highest BCUT2D eigenvalue weighted by Gasteiger charge is 2.39. The third-order valence-corrected chi connectivity index (χ3v) is 21.7. The third kappa shape index (κ3) is 17.0. The molecular weight excluding hydrogens is 1210 g/mol. The highest BCUT2D eigenvalue weighted by molar-refractivity contribution is 6.76. The predicted octanol–water partition coefficient (Wildman–Crippen LogP) is 14.1. The lowest BCUT2D eigenvalue weighted by molar-refractivity contribution is -0.138. The molecule has 18 nitrogen and oxygen atoms in total. The van der Waals surface area contributed by atoms with Gasteiger partial charge in [-0.3, -0.25) is 9.59 Å². The molecule has 0 bridgehead atoms. The fourth-order valence-electron chi connectivity index (χ4n) is 12.1. The fraction of sp³-hybridized carbons (Fsp3) is 0.500. The van der Waals surface area contributed by atoms with Crippen molar-refractivity contribution >= 4 is 64.5 Å². The monoisotopic (exact) mass is 1300 g/mol. The largest absolute Gasteiger partial charge is 0.507 e. The average molecular weight is 1300 g/mol. The Labute approximate surface area is 542 Å². The lowest BCUT2D eigenvalue weighted by Crippen LogP contribution is -2.23. The van der Waals surface area contributed by atoms with Gasteiger partial charge >= 0.3 is 35.8 Å². The number of cyclic esters (lactones) is 4. The van der Waals surface area contributed by atoms with E-state index >= 15 is 0 Å². The third-order valence-electron chi connectivity index (χ3n) is 18.3. The summed E-state index contributed by atoms with van der Waals surface area (Å²) >= 11 is 0. The summed E-state index contributed by atoms with van der Waals surface area (Å²) in [5.41, 5.74) is 18.7. The van der Waals surface area contributed by atoms with Crippen LogP contribution >= 0.6 is 0 Å². The van der Waals surface area contributed by atoms with Gasteiger partial charge in [0.25, 0.3) is 0 Å². The average Bonchev–Trinajstić information content (AvgIpc) is 1.56. The summed E-state index contributed by atoms with van der Waals surface area (Å²) in [5, 5.41) is 38.5. The molecule has 496 valence electrons. The molecule has 20 heteroatoms. The topological polar surface area (TPSA) is 273 Å². The lowest BCUT2D eigenvalue weighted by atomic mass is 9.88. The zero-order chi connectivity index (χ0) is 67.8. The maximum Gasteiger partial charge on any atom is 0.342 e. The normalized spacial score (nSPS) is 15.4. The number of carboxylic acids is 2. The smallest absolute Gasteiger partial charge is 0.342 e. The van der Waals surface area contributed by atoms with E-state index in [0.29, 0.717) is 104 Å². The highest BCUT2D eigenvalue weighted by atomic mass is 28.3. The molecule has 0 radical (unpaired) electrons. The molecular formula is C72H92O18Si2. The Hall–Kier alpha value is -7.85. The maximum absolute atomic E-state index is 12.3. The number of allylic oxidation sites excluding steroid dienone is 4. The van der Waals surface area contributed by atoms with Crippen LogP contribution < -0.4 is 9.47 Å². The quantitative estimate of drug-likeness (QED) is 0.0167. The van der Waals surface area contributed by atoms with Crippen LogP contribution in [-0.4, -0.2) is 98.2 Å². The van der Waals surface area contributed by atoms with E-state index in [0.717, 1.165) is 139 Å². The minimum absolute atomic E-state index is 0.0112. The molecule has 2 fully saturated rings. The van der Waals surface area contributed by atoms with E-state index in [1.54, 1.807) is 0 Å². The molecule has 0 spiro atoms. The molecule has 0 saturated heterocycles. The minimum atomic E-state index is -1.23. The molecule has 10 rings (SSSR count). The molecule has 4 aliphatic heterocycles. The second kappa shape index (κ2) is 30.3. The van der Waals surface area contributed by atoms with E-state index in [9.17, 15) is 48.6 Å². The number of phenolic OH excluding ortho intramolecular Hbond substituents is 2. The van der Waals surface area contributed by atoms with Crippen LogP contribution in [0.4, 0.5) is 0 Å². The molecule has 4 N–H and O–H groups in total. The van der Waals surface area contributed by atoms with Crippen LogP contribution in [0.3, 0.4) is 0 Å². The van der Waals surface area contributed by atoms with Crippen LogP contribution in [0.5, 0.6) is 23.0 Å². The zero-order valence-electron chi connectivity index (χ0n) is 56.1. The standard InChI is InChI=1S/C19H22O5.C19H26O4Si.C17H20O5.C17H24O4Si/c1-10(4-8-15(20)21)3-7-13-16(12-5-6-12)11(2)14-9-24-19(23)17(14)18(13)22;1-12-15-11-23-19(21)17(15)18(22-9-10-24(2,3)4)14(7-8-20)16(12)13-5-6-13;1-9(5-7-14(18)19)4-6-12-10(2)11(3)13-8-22-17(21)15(13)16(12)20;1-11-12(2)14-10-21-17(19)15(14)16(13(11)6-7-18)20-8-9-22(3,4)5/h3,12,22H,4-9H2,1-2H3,(H,20,21);8,13H,5-7,9-11H2,1-4H3;4,20H,5-8H2,1-3H3,(H,18,19);7H,6,8-10H2,1-5H3/b10-3+;;9-4+;. The lowest BCUT2D eigenvalue weighted by Gasteiger charge is -2.22. The van der Waals surface area contributed by atoms with Crippen molar-refractivity contribution < 1.29 is 87.2 Å². The number of phenols is 2. The summed E-state index contributed by atoms with van der Waals surface area (Å²) in [6, 6.07) is 2.02. The molecule has 0 unspecified atom stereocenters. The van der Waals surface area contributed by atoms with Gasteiger partial charge in [0.05, 0.1) is 13.2 Å². The number of carboxylic acid groups (broad SMARTS) is 2. The van der Waals surface area contributed by atoms with Crippen LogP contribution in [0.2, 0.25) is 51.4 Å². The SMILES string of the molecule is C/C(=C\Cc1c(C)c(C)c2c(c1O)C(=O)OC2)CCC(=O)O.C/C(=C\Cc1c(O)c2c(c(C)c1C1CC1)COC2=O)CCC(=O)O.Cc1c(C)c2c(c(OCC[Si](C)(C)C)c1CC=O)C(=O)OC2.Cc1c2c(c(OCC[Si](C)(C)C)c(CC=O)c1C1CC1)C(=O)OC2. The van der Waals surface area contributed by atoms with Crippen LogP contribution in [0, 0.1) is 41.5 Å². The first-order chi connectivity index (χ1) is 43.3. The van der Waals surface area contributed by atoms with E-state index in [1.165, 1.54) is 5.56 Å². The van der Waals surface area contributed by atoms with E-state index in [2.05, 4.69) is 46.2 Å². The Balaban J connectivity index is 0.000000174. The number of ether oxygens (including phenoxy) is 6. The second-order valence-electron chi connectivity index (χ2n) is 27.5. The van der Waals surface area contributed by atoms with E-state index < -0.39 is 40.0 Å². The summed E-state index contributed by atoms with van der Waals surface area (Å²) in [4.78, 5) is 91.6. The Morgan fingerprint density at radius 2 is 0.783 bits per heavy atom. The van der Waals surface area contributed by atoms with Crippen LogP contribution in [0.1, 0.15) is 207 Å². The molecule has 4 aromatic rings. The molecule has 4 aromatic carbocycles. The van der Waals surface area contributed by atoms with Gasteiger partial charge in [0.1, 0.15) is 84.3 Å². The molecule has 0 aromatic heterocycles. The van der Waals surface area contributed by atoms with Gasteiger partial charge in [0, 0.05) is 86.3 Å². The van der Waals surface area contributed by atoms with Gasteiger partial charge in [-0.15, -0.1) is 0 Å². The number of carbonyl (C=O) groups excluding carboxylic acids is 6. The first-order valence-electron chi connectivity index (χ1n) is 31.9. The predicted molar refractivity (Wildman–Crippen MR) is 353 cm³/mol. The number of carbonyl (C=O) groups is 8. The molecule has 0 atom stereocenters. The van der Waals surface area contributed by atoms with Crippen molar-refractivity contribution in [2.75, 3.05) is 13.2 Å². The summed E-state index contributed by atoms with van der Waals surface area (Å²) in [6.45, 7) is 31.5. The van der Waals surface area contributed by atoms with Crippen molar-refractivity contribution in [1.29, 1.82) is 0 Å². The summed E-state index contributed by atoms with van der Waals surface area (Å²) in [5.74, 6) is -1.09. The van der Waals surface area contributed by atoms with Gasteiger partial charge in [-0.2, -0.15) is 0 Å². The number of hydrogen-bond donors (Lipinski definition) is 4. The van der Waals surface area contributed by atoms with Gasteiger partial charge in [-0.1, -0.05) is 62.6 Å². The number of hydrogen-bond acceptors (Lipinski definition) is 16. The van der Waals surface area contributed by atoms with Crippen molar-refractivity contribution in [2.45, 2.75) is 222 Å². The van der Waals surface area contributed by atoms with Crippen molar-refractivity contribution in [3.63, 3.8) is 0 Å². The van der Waals surface area contributed by atoms with Gasteiger partial charge in [0.2, 0.25) is 0 Å². The molecule has 4 heterocycles. The van der Waals surface area contributed by atoms with Gasteiger partial charge in [-0.05, 0) is 175 Å². The molecule has 92 heavy (non-hydrogen) atoms. The second-order valence-corrected chi connectivity index (χ2v) is 38.7. The Morgan fingerprint density at radius 1 is 0.457 bits per heavy atom. The number of aromatic hydroxyl groups is 2. The molecule has 2 saturated carbocycles. The van der Waals surface area contributed by atoms with Crippen molar-refractivity contribution in [3.05, 3.63) is 135 Å². The number of benzene rings is 4. The Bertz CT molecular complexity index is 3660. The van der Waals surface area contributed by atoms with Crippen LogP contribution in [0.15, 0.2) is 23.3 Å². The Kier molecular flexibility index (Phi) is 23.6. The summed E-state index contributed by atoms with van der Waals surface area (Å²) < 4.78 is 32.7. The number of fused-ring (bicyclic) bond motifs is 4. The van der Waals surface area contributed by atoms with Crippen molar-refractivity contribution in [1.82, 2.24) is 0 Å². The van der Waals surface area contributed by atoms with Crippen molar-refractivity contribution in [2.24, 2.45) is 0 Å². The summed E-state index contributed by atoms with van der Waals surface area (Å²) in [7, 11) is -2.46. The molecule has 2 aliphatic carbocycles. The van der Waals surface area contributed by atoms with Crippen LogP contribution in [0.25, 0.3) is 0 Å². The zero-order valence-corrected chi connectivity index (χ0v) is 58.1. The summed E-state index contributed by atoms with van der Waals surface area (Å²) in [6.07, 6.45) is 12.8. The van der Waals surface area contributed by atoms with Gasteiger partial charge in [0.15, 0.2) is 0 Å². The first-order valence-corrected chi connectivity index (χ1v) is 39.3. The highest BCUT2D eigenvalue weighted by Crippen LogP contribution is 2.51. The van der Waals surface area contributed by atoms with Crippen molar-refractivity contribution in [3.8, 4) is 23.0 Å². The van der Waals surface area contributed by atoms with Gasteiger partial charge in [-0.25, -0.2) is 19.2 Å². The number of aliphatic carboxylic acids is 2. The van der Waals surface area contributed by atoms with Crippen LogP contribution in [-0.2, 0) is 90.2 Å².